The van der Waals surface area contributed by atoms with Gasteiger partial charge in [0.15, 0.2) is 0 Å². The van der Waals surface area contributed by atoms with Crippen LogP contribution in [0.5, 0.6) is 0 Å². The quantitative estimate of drug-likeness (QED) is 0.539. The zero-order chi connectivity index (χ0) is 24.9. The largest absolute Gasteiger partial charge is 0.352 e. The number of anilines is 1. The van der Waals surface area contributed by atoms with Crippen LogP contribution in [0.3, 0.4) is 0 Å². The van der Waals surface area contributed by atoms with E-state index in [1.807, 2.05) is 17.9 Å². The normalized spacial score (nSPS) is 14.6. The van der Waals surface area contributed by atoms with Crippen LogP contribution in [0.2, 0.25) is 0 Å². The molecule has 1 aliphatic rings. The van der Waals surface area contributed by atoms with Crippen molar-refractivity contribution in [2.24, 2.45) is 5.92 Å². The molecule has 2 N–H and O–H groups in total. The maximum absolute atomic E-state index is 13.7. The minimum Gasteiger partial charge on any atom is -0.352 e. The van der Waals surface area contributed by atoms with E-state index in [2.05, 4.69) is 15.7 Å². The molecule has 9 heteroatoms. The molecular weight excluding hydrogens is 452 g/mol. The molecule has 0 atom stereocenters. The van der Waals surface area contributed by atoms with E-state index in [9.17, 15) is 18.4 Å². The van der Waals surface area contributed by atoms with Gasteiger partial charge in [0.1, 0.15) is 17.5 Å². The second-order valence-electron chi connectivity index (χ2n) is 8.96. The number of aromatic nitrogens is 2. The maximum atomic E-state index is 13.7. The number of benzene rings is 2. The van der Waals surface area contributed by atoms with Crippen molar-refractivity contribution in [3.63, 3.8) is 0 Å². The van der Waals surface area contributed by atoms with Gasteiger partial charge in [0, 0.05) is 18.5 Å². The lowest BCUT2D eigenvalue weighted by Crippen LogP contribution is -2.43. The maximum Gasteiger partial charge on any atom is 0.239 e. The standard InChI is InChI=1S/C26H29F2N5O2/c1-17-3-4-19(14-23(17)28)15-29-26(35)20-9-11-32(12-10-20)16-25(34)30-24-13-18(2)31-33(24)22-7-5-21(27)6-8-22/h3-8,13-14,20H,9-12,15-16H2,1-2H3,(H,29,35)(H,30,34). The van der Waals surface area contributed by atoms with Crippen LogP contribution >= 0.6 is 0 Å². The van der Waals surface area contributed by atoms with Crippen molar-refractivity contribution in [2.45, 2.75) is 33.2 Å². The van der Waals surface area contributed by atoms with Gasteiger partial charge in [0.2, 0.25) is 11.8 Å². The van der Waals surface area contributed by atoms with E-state index in [1.165, 1.54) is 18.2 Å². The van der Waals surface area contributed by atoms with E-state index in [-0.39, 0.29) is 35.9 Å². The Balaban J connectivity index is 1.25. The number of halogens is 2. The minimum absolute atomic E-state index is 0.0474. The Morgan fingerprint density at radius 1 is 1.03 bits per heavy atom. The number of nitrogens with one attached hydrogen (secondary N) is 2. The van der Waals surface area contributed by atoms with Gasteiger partial charge in [-0.3, -0.25) is 14.5 Å². The van der Waals surface area contributed by atoms with E-state index in [1.54, 1.807) is 35.9 Å². The van der Waals surface area contributed by atoms with Gasteiger partial charge >= 0.3 is 0 Å². The third-order valence-electron chi connectivity index (χ3n) is 6.20. The second-order valence-corrected chi connectivity index (χ2v) is 8.96. The first kappa shape index (κ1) is 24.5. The molecule has 0 spiro atoms. The molecule has 0 saturated carbocycles. The average Bonchev–Trinajstić information content (AvgIpc) is 3.20. The summed E-state index contributed by atoms with van der Waals surface area (Å²) in [6.07, 6.45) is 1.29. The van der Waals surface area contributed by atoms with Crippen molar-refractivity contribution in [3.8, 4) is 5.69 Å². The number of hydrogen-bond acceptors (Lipinski definition) is 4. The summed E-state index contributed by atoms with van der Waals surface area (Å²) in [4.78, 5) is 27.3. The van der Waals surface area contributed by atoms with Gasteiger partial charge < -0.3 is 10.6 Å². The zero-order valence-corrected chi connectivity index (χ0v) is 19.9. The first-order chi connectivity index (χ1) is 16.8. The fourth-order valence-corrected chi connectivity index (χ4v) is 4.19. The smallest absolute Gasteiger partial charge is 0.239 e. The fourth-order valence-electron chi connectivity index (χ4n) is 4.19. The number of rotatable bonds is 7. The SMILES string of the molecule is Cc1cc(NC(=O)CN2CCC(C(=O)NCc3ccc(C)c(F)c3)CC2)n(-c2ccc(F)cc2)n1. The third kappa shape index (κ3) is 6.30. The Morgan fingerprint density at radius 2 is 1.74 bits per heavy atom. The minimum atomic E-state index is -0.343. The summed E-state index contributed by atoms with van der Waals surface area (Å²) in [5.74, 6) is -0.469. The number of amides is 2. The van der Waals surface area contributed by atoms with Crippen molar-refractivity contribution < 1.29 is 18.4 Å². The fraction of sp³-hybridized carbons (Fsp3) is 0.346. The van der Waals surface area contributed by atoms with Crippen LogP contribution < -0.4 is 10.6 Å². The Bertz CT molecular complexity index is 1200. The summed E-state index contributed by atoms with van der Waals surface area (Å²) in [6.45, 7) is 5.26. The Labute approximate surface area is 203 Å². The van der Waals surface area contributed by atoms with E-state index in [0.29, 0.717) is 49.5 Å². The highest BCUT2D eigenvalue weighted by molar-refractivity contribution is 5.91. The lowest BCUT2D eigenvalue weighted by Gasteiger charge is -2.30. The molecule has 184 valence electrons. The van der Waals surface area contributed by atoms with Crippen LogP contribution in [0.25, 0.3) is 5.69 Å². The number of carbonyl (C=O) groups is 2. The van der Waals surface area contributed by atoms with Crippen LogP contribution in [0.4, 0.5) is 14.6 Å². The van der Waals surface area contributed by atoms with Crippen molar-refractivity contribution in [3.05, 3.63) is 77.0 Å². The number of likely N-dealkylation sites (tertiary alicyclic amines) is 1. The summed E-state index contributed by atoms with van der Waals surface area (Å²) in [5.41, 5.74) is 2.68. The lowest BCUT2D eigenvalue weighted by atomic mass is 9.96. The van der Waals surface area contributed by atoms with Crippen molar-refractivity contribution in [1.29, 1.82) is 0 Å². The summed E-state index contributed by atoms with van der Waals surface area (Å²) >= 11 is 0. The van der Waals surface area contributed by atoms with E-state index in [0.717, 1.165) is 11.3 Å². The van der Waals surface area contributed by atoms with Crippen LogP contribution in [0, 0.1) is 31.4 Å². The van der Waals surface area contributed by atoms with Crippen LogP contribution in [0.1, 0.15) is 29.7 Å². The molecule has 3 aromatic rings. The summed E-state index contributed by atoms with van der Waals surface area (Å²) < 4.78 is 28.5. The highest BCUT2D eigenvalue weighted by Crippen LogP contribution is 2.20. The molecule has 2 heterocycles. The number of hydrogen-bond donors (Lipinski definition) is 2. The van der Waals surface area contributed by atoms with Crippen molar-refractivity contribution >= 4 is 17.6 Å². The topological polar surface area (TPSA) is 79.3 Å². The van der Waals surface area contributed by atoms with Gasteiger partial charge in [-0.2, -0.15) is 5.10 Å². The Hall–Kier alpha value is -3.59. The number of nitrogens with zero attached hydrogens (tertiary/aromatic N) is 3. The van der Waals surface area contributed by atoms with Crippen molar-refractivity contribution in [1.82, 2.24) is 20.0 Å². The monoisotopic (exact) mass is 481 g/mol. The van der Waals surface area contributed by atoms with Crippen LogP contribution in [-0.2, 0) is 16.1 Å². The lowest BCUT2D eigenvalue weighted by molar-refractivity contribution is -0.126. The van der Waals surface area contributed by atoms with E-state index < -0.39 is 0 Å². The van der Waals surface area contributed by atoms with E-state index >= 15 is 0 Å². The molecule has 0 bridgehead atoms. The average molecular weight is 482 g/mol. The zero-order valence-electron chi connectivity index (χ0n) is 19.9. The highest BCUT2D eigenvalue weighted by Gasteiger charge is 2.26. The molecular formula is C26H29F2N5O2. The predicted molar refractivity (Wildman–Crippen MR) is 129 cm³/mol. The van der Waals surface area contributed by atoms with Crippen LogP contribution in [-0.4, -0.2) is 46.1 Å². The van der Waals surface area contributed by atoms with Gasteiger partial charge in [-0.15, -0.1) is 0 Å². The van der Waals surface area contributed by atoms with Gasteiger partial charge in [-0.1, -0.05) is 12.1 Å². The number of aryl methyl sites for hydroxylation is 2. The van der Waals surface area contributed by atoms with Gasteiger partial charge in [0.25, 0.3) is 0 Å². The number of carbonyl (C=O) groups excluding carboxylic acids is 2. The summed E-state index contributed by atoms with van der Waals surface area (Å²) in [7, 11) is 0. The molecule has 4 rings (SSSR count). The molecule has 2 aromatic carbocycles. The summed E-state index contributed by atoms with van der Waals surface area (Å²) in [6, 6.07) is 12.6. The van der Waals surface area contributed by atoms with Gasteiger partial charge in [-0.05, 0) is 81.2 Å². The Morgan fingerprint density at radius 3 is 2.43 bits per heavy atom. The molecule has 0 aliphatic carbocycles. The molecule has 1 aromatic heterocycles. The summed E-state index contributed by atoms with van der Waals surface area (Å²) in [5, 5.41) is 10.2. The van der Waals surface area contributed by atoms with Crippen molar-refractivity contribution in [2.75, 3.05) is 25.0 Å². The third-order valence-corrected chi connectivity index (χ3v) is 6.20. The molecule has 1 fully saturated rings. The molecule has 35 heavy (non-hydrogen) atoms. The first-order valence-corrected chi connectivity index (χ1v) is 11.7. The van der Waals surface area contributed by atoms with E-state index in [4.69, 9.17) is 0 Å². The Kier molecular flexibility index (Phi) is 7.55. The van der Waals surface area contributed by atoms with Crippen LogP contribution in [0.15, 0.2) is 48.5 Å². The molecule has 2 amide bonds. The second kappa shape index (κ2) is 10.8. The number of piperidine rings is 1. The van der Waals surface area contributed by atoms with Gasteiger partial charge in [-0.25, -0.2) is 13.5 Å². The first-order valence-electron chi connectivity index (χ1n) is 11.7. The molecule has 0 radical (unpaired) electrons. The predicted octanol–water partition coefficient (Wildman–Crippen LogP) is 3.73. The molecule has 1 aliphatic heterocycles. The molecule has 0 unspecified atom stereocenters. The molecule has 1 saturated heterocycles. The molecule has 7 nitrogen and oxygen atoms in total. The highest BCUT2D eigenvalue weighted by atomic mass is 19.1. The van der Waals surface area contributed by atoms with Gasteiger partial charge in [0.05, 0.1) is 17.9 Å².